The number of nitrogens with one attached hydrogen (secondary N) is 1. The number of rotatable bonds is 5. The van der Waals surface area contributed by atoms with Crippen molar-refractivity contribution < 1.29 is 19.1 Å². The number of piperazine rings is 1. The Labute approximate surface area is 122 Å². The van der Waals surface area contributed by atoms with Crippen molar-refractivity contribution in [3.63, 3.8) is 0 Å². The summed E-state index contributed by atoms with van der Waals surface area (Å²) in [6, 6.07) is 1.96. The van der Waals surface area contributed by atoms with Crippen LogP contribution in [0.5, 0.6) is 0 Å². The van der Waals surface area contributed by atoms with Crippen LogP contribution in [0.15, 0.2) is 18.3 Å². The maximum absolute atomic E-state index is 13.0. The summed E-state index contributed by atoms with van der Waals surface area (Å²) in [7, 11) is 0. The van der Waals surface area contributed by atoms with Gasteiger partial charge in [-0.2, -0.15) is 0 Å². The fraction of sp³-hybridized carbons (Fsp3) is 0.500. The minimum atomic E-state index is -1.02. The SMILES string of the molecule is CCC(c1ccc(F)cn1)N1CCNC(=O)C1CC(=O)O. The van der Waals surface area contributed by atoms with Crippen molar-refractivity contribution in [2.75, 3.05) is 13.1 Å². The highest BCUT2D eigenvalue weighted by Crippen LogP contribution is 2.27. The number of pyridine rings is 1. The Morgan fingerprint density at radius 2 is 2.38 bits per heavy atom. The molecule has 2 heterocycles. The van der Waals surface area contributed by atoms with Crippen LogP contribution in [0.3, 0.4) is 0 Å². The topological polar surface area (TPSA) is 82.5 Å². The van der Waals surface area contributed by atoms with Gasteiger partial charge in [0.2, 0.25) is 5.91 Å². The highest BCUT2D eigenvalue weighted by molar-refractivity contribution is 5.86. The van der Waals surface area contributed by atoms with Crippen molar-refractivity contribution in [3.05, 3.63) is 29.8 Å². The number of carbonyl (C=O) groups excluding carboxylic acids is 1. The van der Waals surface area contributed by atoms with E-state index >= 15 is 0 Å². The van der Waals surface area contributed by atoms with Gasteiger partial charge in [0.1, 0.15) is 11.9 Å². The van der Waals surface area contributed by atoms with Gasteiger partial charge in [0.25, 0.3) is 0 Å². The van der Waals surface area contributed by atoms with Crippen LogP contribution in [-0.4, -0.2) is 46.0 Å². The second-order valence-electron chi connectivity index (χ2n) is 4.97. The van der Waals surface area contributed by atoms with Crippen LogP contribution in [0.25, 0.3) is 0 Å². The molecule has 2 atom stereocenters. The molecule has 0 spiro atoms. The summed E-state index contributed by atoms with van der Waals surface area (Å²) in [5.41, 5.74) is 0.643. The highest BCUT2D eigenvalue weighted by atomic mass is 19.1. The van der Waals surface area contributed by atoms with Crippen LogP contribution in [0.2, 0.25) is 0 Å². The number of aromatic nitrogens is 1. The van der Waals surface area contributed by atoms with Crippen LogP contribution >= 0.6 is 0 Å². The zero-order chi connectivity index (χ0) is 15.4. The Balaban J connectivity index is 2.27. The molecule has 114 valence electrons. The average Bonchev–Trinajstić information content (AvgIpc) is 2.45. The predicted molar refractivity (Wildman–Crippen MR) is 73.0 cm³/mol. The van der Waals surface area contributed by atoms with E-state index in [0.717, 1.165) is 6.20 Å². The molecule has 1 aromatic heterocycles. The summed E-state index contributed by atoms with van der Waals surface area (Å²) in [5, 5.41) is 11.7. The van der Waals surface area contributed by atoms with Gasteiger partial charge in [-0.25, -0.2) is 4.39 Å². The third kappa shape index (κ3) is 3.55. The molecule has 1 saturated heterocycles. The molecular weight excluding hydrogens is 277 g/mol. The van der Waals surface area contributed by atoms with Gasteiger partial charge in [-0.05, 0) is 18.6 Å². The summed E-state index contributed by atoms with van der Waals surface area (Å²) >= 11 is 0. The lowest BCUT2D eigenvalue weighted by Crippen LogP contribution is -2.56. The fourth-order valence-electron chi connectivity index (χ4n) is 2.68. The first kappa shape index (κ1) is 15.4. The molecular formula is C14H18FN3O3. The Kier molecular flexibility index (Phi) is 4.85. The van der Waals surface area contributed by atoms with Crippen molar-refractivity contribution in [3.8, 4) is 0 Å². The summed E-state index contributed by atoms with van der Waals surface area (Å²) in [4.78, 5) is 28.8. The number of hydrogen-bond donors (Lipinski definition) is 2. The van der Waals surface area contributed by atoms with E-state index in [-0.39, 0.29) is 18.4 Å². The quantitative estimate of drug-likeness (QED) is 0.845. The Bertz CT molecular complexity index is 521. The van der Waals surface area contributed by atoms with E-state index in [0.29, 0.717) is 25.2 Å². The molecule has 0 saturated carbocycles. The Hall–Kier alpha value is -2.02. The zero-order valence-corrected chi connectivity index (χ0v) is 11.8. The number of carbonyl (C=O) groups is 2. The zero-order valence-electron chi connectivity index (χ0n) is 11.8. The summed E-state index contributed by atoms with van der Waals surface area (Å²) in [6.45, 7) is 2.94. The number of carboxylic acids is 1. The lowest BCUT2D eigenvalue weighted by atomic mass is 10.0. The average molecular weight is 295 g/mol. The number of halogens is 1. The van der Waals surface area contributed by atoms with Crippen molar-refractivity contribution in [1.29, 1.82) is 0 Å². The molecule has 1 aromatic rings. The molecule has 0 aliphatic carbocycles. The minimum Gasteiger partial charge on any atom is -0.481 e. The Morgan fingerprint density at radius 3 is 2.95 bits per heavy atom. The maximum Gasteiger partial charge on any atom is 0.305 e. The van der Waals surface area contributed by atoms with Crippen LogP contribution in [-0.2, 0) is 9.59 Å². The van der Waals surface area contributed by atoms with Gasteiger partial charge in [0.15, 0.2) is 0 Å². The molecule has 1 fully saturated rings. The van der Waals surface area contributed by atoms with E-state index in [2.05, 4.69) is 10.3 Å². The number of carboxylic acid groups (broad SMARTS) is 1. The van der Waals surface area contributed by atoms with Gasteiger partial charge in [-0.15, -0.1) is 0 Å². The third-order valence-corrected chi connectivity index (χ3v) is 3.62. The molecule has 1 aliphatic heterocycles. The number of amides is 1. The van der Waals surface area contributed by atoms with Crippen LogP contribution in [0.4, 0.5) is 4.39 Å². The van der Waals surface area contributed by atoms with Crippen molar-refractivity contribution in [2.45, 2.75) is 31.8 Å². The van der Waals surface area contributed by atoms with Crippen molar-refractivity contribution in [1.82, 2.24) is 15.2 Å². The largest absolute Gasteiger partial charge is 0.481 e. The van der Waals surface area contributed by atoms with Gasteiger partial charge < -0.3 is 10.4 Å². The maximum atomic E-state index is 13.0. The van der Waals surface area contributed by atoms with Gasteiger partial charge >= 0.3 is 5.97 Å². The van der Waals surface area contributed by atoms with E-state index in [1.165, 1.54) is 6.07 Å². The third-order valence-electron chi connectivity index (χ3n) is 3.62. The van der Waals surface area contributed by atoms with Crippen molar-refractivity contribution >= 4 is 11.9 Å². The van der Waals surface area contributed by atoms with Gasteiger partial charge in [0.05, 0.1) is 24.4 Å². The molecule has 21 heavy (non-hydrogen) atoms. The second-order valence-corrected chi connectivity index (χ2v) is 4.97. The summed E-state index contributed by atoms with van der Waals surface area (Å²) in [6.07, 6.45) is 1.53. The smallest absolute Gasteiger partial charge is 0.305 e. The van der Waals surface area contributed by atoms with E-state index < -0.39 is 17.8 Å². The first-order chi connectivity index (χ1) is 10.0. The first-order valence-corrected chi connectivity index (χ1v) is 6.89. The lowest BCUT2D eigenvalue weighted by molar-refractivity contribution is -0.144. The molecule has 0 aromatic carbocycles. The van der Waals surface area contributed by atoms with Gasteiger partial charge in [-0.1, -0.05) is 6.92 Å². The highest BCUT2D eigenvalue weighted by Gasteiger charge is 2.36. The van der Waals surface area contributed by atoms with Gasteiger partial charge in [-0.3, -0.25) is 19.5 Å². The molecule has 2 unspecified atom stereocenters. The standard InChI is InChI=1S/C14H18FN3O3/c1-2-11(10-4-3-9(15)8-17-10)18-6-5-16-14(21)12(18)7-13(19)20/h3-4,8,11-12H,2,5-7H2,1H3,(H,16,21)(H,19,20). The molecule has 6 nitrogen and oxygen atoms in total. The number of aliphatic carboxylic acids is 1. The lowest BCUT2D eigenvalue weighted by Gasteiger charge is -2.39. The van der Waals surface area contributed by atoms with Crippen molar-refractivity contribution in [2.24, 2.45) is 0 Å². The summed E-state index contributed by atoms with van der Waals surface area (Å²) < 4.78 is 13.0. The molecule has 1 aliphatic rings. The van der Waals surface area contributed by atoms with Crippen LogP contribution < -0.4 is 5.32 Å². The molecule has 2 N–H and O–H groups in total. The van der Waals surface area contributed by atoms with Crippen LogP contribution in [0.1, 0.15) is 31.5 Å². The minimum absolute atomic E-state index is 0.207. The Morgan fingerprint density at radius 1 is 1.62 bits per heavy atom. The van der Waals surface area contributed by atoms with E-state index in [9.17, 15) is 14.0 Å². The van der Waals surface area contributed by atoms with Gasteiger partial charge in [0, 0.05) is 13.1 Å². The summed E-state index contributed by atoms with van der Waals surface area (Å²) in [5.74, 6) is -1.74. The second kappa shape index (κ2) is 6.62. The fourth-order valence-corrected chi connectivity index (χ4v) is 2.68. The van der Waals surface area contributed by atoms with E-state index in [1.54, 1.807) is 6.07 Å². The predicted octanol–water partition coefficient (Wildman–Crippen LogP) is 0.947. The molecule has 7 heteroatoms. The molecule has 0 radical (unpaired) electrons. The molecule has 2 rings (SSSR count). The number of hydrogen-bond acceptors (Lipinski definition) is 4. The first-order valence-electron chi connectivity index (χ1n) is 6.89. The molecule has 1 amide bonds. The molecule has 0 bridgehead atoms. The number of nitrogens with zero attached hydrogens (tertiary/aromatic N) is 2. The van der Waals surface area contributed by atoms with Crippen LogP contribution in [0, 0.1) is 5.82 Å². The van der Waals surface area contributed by atoms with E-state index in [1.807, 2.05) is 11.8 Å². The normalized spacial score (nSPS) is 20.9. The monoisotopic (exact) mass is 295 g/mol. The van der Waals surface area contributed by atoms with E-state index in [4.69, 9.17) is 5.11 Å².